The number of carbonyl (C=O) groups excluding carboxylic acids is 1. The van der Waals surface area contributed by atoms with Crippen LogP contribution >= 0.6 is 0 Å². The molecule has 2 aromatic rings. The molecule has 0 spiro atoms. The molecule has 1 atom stereocenters. The van der Waals surface area contributed by atoms with E-state index in [0.717, 1.165) is 5.56 Å². The number of fused-ring (bicyclic) bond motifs is 1. The fourth-order valence-corrected chi connectivity index (χ4v) is 4.48. The number of carbonyl (C=O) groups is 1. The zero-order chi connectivity index (χ0) is 16.4. The number of likely N-dealkylation sites (N-methyl/N-ethyl adjacent to an activating group) is 1. The molecular formula is C14H18N4O4S. The van der Waals surface area contributed by atoms with Crippen molar-refractivity contribution in [2.45, 2.75) is 19.0 Å². The summed E-state index contributed by atoms with van der Waals surface area (Å²) in [6.45, 7) is 0.548. The van der Waals surface area contributed by atoms with E-state index < -0.39 is 9.84 Å². The Morgan fingerprint density at radius 1 is 1.39 bits per heavy atom. The van der Waals surface area contributed by atoms with Gasteiger partial charge in [-0.15, -0.1) is 0 Å². The lowest BCUT2D eigenvalue weighted by molar-refractivity contribution is -0.122. The third-order valence-electron chi connectivity index (χ3n) is 4.03. The van der Waals surface area contributed by atoms with Gasteiger partial charge < -0.3 is 5.32 Å². The van der Waals surface area contributed by atoms with E-state index in [1.54, 1.807) is 24.1 Å². The standard InChI is InChI=1S/C14H18N4O4S/c1-18(11-4-5-23(20,21)9-11)8-14(19)15-7-10-2-3-12-13(6-10)17-22-16-12/h2-3,6,11H,4-5,7-9H2,1H3,(H,15,19). The van der Waals surface area contributed by atoms with Gasteiger partial charge in [-0.25, -0.2) is 13.0 Å². The van der Waals surface area contributed by atoms with Gasteiger partial charge in [0.15, 0.2) is 9.84 Å². The Balaban J connectivity index is 1.51. The predicted molar refractivity (Wildman–Crippen MR) is 83.3 cm³/mol. The van der Waals surface area contributed by atoms with Crippen molar-refractivity contribution in [2.24, 2.45) is 0 Å². The maximum atomic E-state index is 12.0. The van der Waals surface area contributed by atoms with E-state index in [4.69, 9.17) is 0 Å². The van der Waals surface area contributed by atoms with Crippen molar-refractivity contribution in [3.8, 4) is 0 Å². The van der Waals surface area contributed by atoms with E-state index >= 15 is 0 Å². The van der Waals surface area contributed by atoms with Crippen LogP contribution in [0.4, 0.5) is 0 Å². The summed E-state index contributed by atoms with van der Waals surface area (Å²) < 4.78 is 27.6. The second-order valence-electron chi connectivity index (χ2n) is 5.84. The summed E-state index contributed by atoms with van der Waals surface area (Å²) in [6, 6.07) is 5.35. The van der Waals surface area contributed by atoms with Crippen LogP contribution in [0, 0.1) is 0 Å². The number of rotatable bonds is 5. The van der Waals surface area contributed by atoms with Crippen molar-refractivity contribution >= 4 is 26.8 Å². The Bertz CT molecular complexity index is 817. The third-order valence-corrected chi connectivity index (χ3v) is 5.78. The van der Waals surface area contributed by atoms with Crippen LogP contribution < -0.4 is 5.32 Å². The van der Waals surface area contributed by atoms with Gasteiger partial charge in [0, 0.05) is 12.6 Å². The molecule has 1 aliphatic rings. The predicted octanol–water partition coefficient (Wildman–Crippen LogP) is -0.0421. The van der Waals surface area contributed by atoms with E-state index in [0.29, 0.717) is 24.0 Å². The molecule has 9 heteroatoms. The maximum absolute atomic E-state index is 12.0. The molecule has 23 heavy (non-hydrogen) atoms. The van der Waals surface area contributed by atoms with Crippen LogP contribution in [-0.2, 0) is 21.2 Å². The van der Waals surface area contributed by atoms with Crippen molar-refractivity contribution in [2.75, 3.05) is 25.1 Å². The normalized spacial score (nSPS) is 20.2. The SMILES string of the molecule is CN(CC(=O)NCc1ccc2nonc2c1)C1CCS(=O)(=O)C1. The van der Waals surface area contributed by atoms with Crippen molar-refractivity contribution in [1.82, 2.24) is 20.5 Å². The van der Waals surface area contributed by atoms with Crippen LogP contribution in [0.15, 0.2) is 22.8 Å². The van der Waals surface area contributed by atoms with E-state index in [1.807, 2.05) is 6.07 Å². The largest absolute Gasteiger partial charge is 0.351 e. The maximum Gasteiger partial charge on any atom is 0.234 e. The van der Waals surface area contributed by atoms with Gasteiger partial charge in [-0.3, -0.25) is 9.69 Å². The molecule has 2 heterocycles. The number of aromatic nitrogens is 2. The summed E-state index contributed by atoms with van der Waals surface area (Å²) in [5.74, 6) is 0.192. The van der Waals surface area contributed by atoms with Crippen LogP contribution in [0.25, 0.3) is 11.0 Å². The van der Waals surface area contributed by atoms with Crippen molar-refractivity contribution in [3.63, 3.8) is 0 Å². The summed E-state index contributed by atoms with van der Waals surface area (Å²) in [5.41, 5.74) is 2.21. The number of amides is 1. The molecule has 1 unspecified atom stereocenters. The van der Waals surface area contributed by atoms with Gasteiger partial charge in [-0.05, 0) is 41.5 Å². The van der Waals surface area contributed by atoms with Crippen LogP contribution in [-0.4, -0.2) is 60.7 Å². The third kappa shape index (κ3) is 3.85. The van der Waals surface area contributed by atoms with E-state index in [9.17, 15) is 13.2 Å². The Labute approximate surface area is 133 Å². The van der Waals surface area contributed by atoms with E-state index in [2.05, 4.69) is 20.3 Å². The lowest BCUT2D eigenvalue weighted by Gasteiger charge is -2.22. The topological polar surface area (TPSA) is 105 Å². The molecule has 0 bridgehead atoms. The smallest absolute Gasteiger partial charge is 0.234 e. The van der Waals surface area contributed by atoms with Crippen molar-refractivity contribution < 1.29 is 17.8 Å². The number of benzene rings is 1. The lowest BCUT2D eigenvalue weighted by Crippen LogP contribution is -2.41. The number of sulfone groups is 1. The summed E-state index contributed by atoms with van der Waals surface area (Å²) in [7, 11) is -1.17. The first-order valence-corrected chi connectivity index (χ1v) is 9.14. The zero-order valence-corrected chi connectivity index (χ0v) is 13.5. The lowest BCUT2D eigenvalue weighted by atomic mass is 10.2. The van der Waals surface area contributed by atoms with Crippen LogP contribution in [0.5, 0.6) is 0 Å². The molecule has 1 aromatic heterocycles. The Morgan fingerprint density at radius 2 is 2.17 bits per heavy atom. The number of hydrogen-bond donors (Lipinski definition) is 1. The highest BCUT2D eigenvalue weighted by molar-refractivity contribution is 7.91. The molecule has 8 nitrogen and oxygen atoms in total. The minimum atomic E-state index is -2.94. The summed E-state index contributed by atoms with van der Waals surface area (Å²) in [5, 5.41) is 10.3. The molecule has 1 aliphatic heterocycles. The fourth-order valence-electron chi connectivity index (χ4n) is 2.67. The van der Waals surface area contributed by atoms with Crippen LogP contribution in [0.2, 0.25) is 0 Å². The van der Waals surface area contributed by atoms with Gasteiger partial charge in [0.2, 0.25) is 5.91 Å². The number of nitrogens with one attached hydrogen (secondary N) is 1. The molecule has 0 aliphatic carbocycles. The fraction of sp³-hybridized carbons (Fsp3) is 0.500. The summed E-state index contributed by atoms with van der Waals surface area (Å²) >= 11 is 0. The number of hydrogen-bond acceptors (Lipinski definition) is 7. The molecule has 1 saturated heterocycles. The van der Waals surface area contributed by atoms with Gasteiger partial charge >= 0.3 is 0 Å². The second-order valence-corrected chi connectivity index (χ2v) is 8.06. The minimum absolute atomic E-state index is 0.0803. The van der Waals surface area contributed by atoms with Crippen LogP contribution in [0.1, 0.15) is 12.0 Å². The molecular weight excluding hydrogens is 320 g/mol. The van der Waals surface area contributed by atoms with Gasteiger partial charge in [-0.2, -0.15) is 0 Å². The molecule has 124 valence electrons. The Morgan fingerprint density at radius 3 is 2.91 bits per heavy atom. The van der Waals surface area contributed by atoms with Crippen molar-refractivity contribution in [1.29, 1.82) is 0 Å². The second kappa shape index (κ2) is 6.25. The average molecular weight is 338 g/mol. The molecule has 1 N–H and O–H groups in total. The van der Waals surface area contributed by atoms with Gasteiger partial charge in [0.1, 0.15) is 11.0 Å². The highest BCUT2D eigenvalue weighted by Crippen LogP contribution is 2.16. The minimum Gasteiger partial charge on any atom is -0.351 e. The van der Waals surface area contributed by atoms with E-state index in [1.165, 1.54) is 0 Å². The molecule has 1 fully saturated rings. The first-order valence-electron chi connectivity index (χ1n) is 7.31. The van der Waals surface area contributed by atoms with Crippen LogP contribution in [0.3, 0.4) is 0 Å². The van der Waals surface area contributed by atoms with Gasteiger partial charge in [-0.1, -0.05) is 6.07 Å². The zero-order valence-electron chi connectivity index (χ0n) is 12.7. The van der Waals surface area contributed by atoms with E-state index in [-0.39, 0.29) is 30.0 Å². The molecule has 0 saturated carbocycles. The first kappa shape index (κ1) is 15.9. The molecule has 0 radical (unpaired) electrons. The van der Waals surface area contributed by atoms with Gasteiger partial charge in [0.25, 0.3) is 0 Å². The summed E-state index contributed by atoms with van der Waals surface area (Å²) in [4.78, 5) is 13.8. The first-order chi connectivity index (χ1) is 10.9. The van der Waals surface area contributed by atoms with Gasteiger partial charge in [0.05, 0.1) is 18.1 Å². The monoisotopic (exact) mass is 338 g/mol. The Kier molecular flexibility index (Phi) is 4.31. The van der Waals surface area contributed by atoms with Crippen molar-refractivity contribution in [3.05, 3.63) is 23.8 Å². The number of nitrogens with zero attached hydrogens (tertiary/aromatic N) is 3. The summed E-state index contributed by atoms with van der Waals surface area (Å²) in [6.07, 6.45) is 0.585. The average Bonchev–Trinajstić information content (AvgIpc) is 3.10. The quantitative estimate of drug-likeness (QED) is 0.815. The molecule has 3 rings (SSSR count). The highest BCUT2D eigenvalue weighted by atomic mass is 32.2. The molecule has 1 aromatic carbocycles. The molecule has 1 amide bonds. The Hall–Kier alpha value is -2.00. The highest BCUT2D eigenvalue weighted by Gasteiger charge is 2.31.